The van der Waals surface area contributed by atoms with Crippen LogP contribution in [0.4, 0.5) is 13.2 Å². The smallest absolute Gasteiger partial charge is 0.436 e. The Bertz CT molecular complexity index is 575. The van der Waals surface area contributed by atoms with Crippen LogP contribution in [0.5, 0.6) is 5.75 Å². The number of hydrogen-bond donors (Lipinski definition) is 2. The van der Waals surface area contributed by atoms with Gasteiger partial charge in [0.15, 0.2) is 0 Å². The average molecular weight is 348 g/mol. The van der Waals surface area contributed by atoms with E-state index in [-0.39, 0.29) is 13.2 Å². The number of methoxy groups -OCH3 is 1. The Balaban J connectivity index is 3.10. The molecule has 1 aromatic carbocycles. The van der Waals surface area contributed by atoms with Gasteiger partial charge in [0.2, 0.25) is 5.91 Å². The van der Waals surface area contributed by atoms with Crippen molar-refractivity contribution in [3.8, 4) is 5.75 Å². The van der Waals surface area contributed by atoms with Crippen LogP contribution in [-0.4, -0.2) is 37.4 Å². The van der Waals surface area contributed by atoms with E-state index in [4.69, 9.17) is 4.74 Å². The largest absolute Gasteiger partial charge is 0.497 e. The summed E-state index contributed by atoms with van der Waals surface area (Å²) in [6.07, 6.45) is -5.10. The predicted octanol–water partition coefficient (Wildman–Crippen LogP) is 1.74. The van der Waals surface area contributed by atoms with Crippen molar-refractivity contribution in [3.05, 3.63) is 29.8 Å². The predicted molar refractivity (Wildman–Crippen MR) is 79.1 cm³/mol. The molecule has 0 spiro atoms. The van der Waals surface area contributed by atoms with Crippen molar-refractivity contribution in [2.24, 2.45) is 0 Å². The standard InChI is InChI=1S/C15H19F3N2O4/c1-4-24-13(22)14(15(16,17)18,20-10(2)21)19-9-11-5-7-12(23-3)8-6-11/h5-8,19H,4,9H2,1-3H3,(H,20,21)/t14-/m1/s1. The van der Waals surface area contributed by atoms with E-state index < -0.39 is 23.7 Å². The van der Waals surface area contributed by atoms with Crippen LogP contribution >= 0.6 is 0 Å². The summed E-state index contributed by atoms with van der Waals surface area (Å²) in [5, 5.41) is 3.71. The van der Waals surface area contributed by atoms with Crippen molar-refractivity contribution in [1.29, 1.82) is 0 Å². The molecule has 1 atom stereocenters. The van der Waals surface area contributed by atoms with Gasteiger partial charge in [0.25, 0.3) is 5.66 Å². The number of esters is 1. The van der Waals surface area contributed by atoms with Crippen LogP contribution in [0.2, 0.25) is 0 Å². The van der Waals surface area contributed by atoms with Gasteiger partial charge in [0, 0.05) is 13.5 Å². The number of carbonyl (C=O) groups excluding carboxylic acids is 2. The highest BCUT2D eigenvalue weighted by Gasteiger charge is 2.62. The van der Waals surface area contributed by atoms with Gasteiger partial charge in [-0.2, -0.15) is 13.2 Å². The minimum atomic E-state index is -5.10. The zero-order valence-corrected chi connectivity index (χ0v) is 13.5. The minimum absolute atomic E-state index is 0.263. The fraction of sp³-hybridized carbons (Fsp3) is 0.467. The highest BCUT2D eigenvalue weighted by atomic mass is 19.4. The molecule has 0 aliphatic heterocycles. The molecule has 6 nitrogen and oxygen atoms in total. The molecule has 0 aliphatic carbocycles. The number of benzene rings is 1. The second-order valence-corrected chi connectivity index (χ2v) is 4.85. The van der Waals surface area contributed by atoms with E-state index in [0.29, 0.717) is 11.3 Å². The number of hydrogen-bond acceptors (Lipinski definition) is 5. The number of rotatable bonds is 7. The molecule has 0 saturated heterocycles. The molecule has 0 unspecified atom stereocenters. The maximum atomic E-state index is 13.5. The SMILES string of the molecule is CCOC(=O)[C@@](NCc1ccc(OC)cc1)(NC(C)=O)C(F)(F)F. The molecular formula is C15H19F3N2O4. The van der Waals surface area contributed by atoms with Crippen LogP contribution in [0.3, 0.4) is 0 Å². The second-order valence-electron chi connectivity index (χ2n) is 4.85. The van der Waals surface area contributed by atoms with Gasteiger partial charge in [-0.25, -0.2) is 4.79 Å². The highest BCUT2D eigenvalue weighted by molar-refractivity contribution is 5.87. The molecule has 0 aromatic heterocycles. The Morgan fingerprint density at radius 1 is 1.17 bits per heavy atom. The number of ether oxygens (including phenoxy) is 2. The second kappa shape index (κ2) is 8.00. The third-order valence-electron chi connectivity index (χ3n) is 3.09. The summed E-state index contributed by atoms with van der Waals surface area (Å²) in [7, 11) is 1.46. The van der Waals surface area contributed by atoms with Gasteiger partial charge in [0.05, 0.1) is 13.7 Å². The minimum Gasteiger partial charge on any atom is -0.497 e. The number of carbonyl (C=O) groups is 2. The van der Waals surface area contributed by atoms with Gasteiger partial charge in [-0.15, -0.1) is 0 Å². The first-order chi connectivity index (χ1) is 11.2. The normalized spacial score (nSPS) is 13.8. The van der Waals surface area contributed by atoms with Crippen LogP contribution in [0.25, 0.3) is 0 Å². The van der Waals surface area contributed by atoms with Crippen molar-refractivity contribution in [3.63, 3.8) is 0 Å². The molecule has 0 bridgehead atoms. The molecule has 0 heterocycles. The summed E-state index contributed by atoms with van der Waals surface area (Å²) in [6.45, 7) is 1.66. The van der Waals surface area contributed by atoms with E-state index in [1.165, 1.54) is 26.2 Å². The lowest BCUT2D eigenvalue weighted by molar-refractivity contribution is -0.221. The summed E-state index contributed by atoms with van der Waals surface area (Å²) in [4.78, 5) is 23.2. The summed E-state index contributed by atoms with van der Waals surface area (Å²) in [5.41, 5.74) is -2.87. The van der Waals surface area contributed by atoms with E-state index in [0.717, 1.165) is 6.92 Å². The van der Waals surface area contributed by atoms with Crippen molar-refractivity contribution in [2.45, 2.75) is 32.2 Å². The first-order valence-electron chi connectivity index (χ1n) is 7.07. The van der Waals surface area contributed by atoms with Crippen molar-refractivity contribution < 1.29 is 32.2 Å². The molecule has 1 aromatic rings. The van der Waals surface area contributed by atoms with E-state index in [1.54, 1.807) is 17.4 Å². The van der Waals surface area contributed by atoms with Crippen LogP contribution in [0, 0.1) is 0 Å². The first kappa shape index (κ1) is 19.8. The fourth-order valence-electron chi connectivity index (χ4n) is 1.94. The van der Waals surface area contributed by atoms with Gasteiger partial charge in [-0.05, 0) is 24.6 Å². The molecule has 0 fully saturated rings. The summed E-state index contributed by atoms with van der Waals surface area (Å²) in [5.74, 6) is -2.11. The Morgan fingerprint density at radius 2 is 1.75 bits per heavy atom. The van der Waals surface area contributed by atoms with Crippen LogP contribution < -0.4 is 15.4 Å². The van der Waals surface area contributed by atoms with Gasteiger partial charge >= 0.3 is 12.1 Å². The monoisotopic (exact) mass is 348 g/mol. The molecule has 0 saturated carbocycles. The molecule has 2 N–H and O–H groups in total. The lowest BCUT2D eigenvalue weighted by Gasteiger charge is -2.34. The maximum absolute atomic E-state index is 13.5. The van der Waals surface area contributed by atoms with Crippen LogP contribution in [0.1, 0.15) is 19.4 Å². The van der Waals surface area contributed by atoms with Crippen molar-refractivity contribution in [1.82, 2.24) is 10.6 Å². The van der Waals surface area contributed by atoms with E-state index in [1.807, 2.05) is 0 Å². The van der Waals surface area contributed by atoms with E-state index in [9.17, 15) is 22.8 Å². The number of halogens is 3. The van der Waals surface area contributed by atoms with Gasteiger partial charge in [-0.3, -0.25) is 10.1 Å². The zero-order chi connectivity index (χ0) is 18.4. The van der Waals surface area contributed by atoms with E-state index >= 15 is 0 Å². The number of amides is 1. The Hall–Kier alpha value is -2.29. The molecule has 0 aliphatic rings. The average Bonchev–Trinajstić information content (AvgIpc) is 2.50. The topological polar surface area (TPSA) is 76.7 Å². The zero-order valence-electron chi connectivity index (χ0n) is 13.5. The molecule has 0 radical (unpaired) electrons. The molecular weight excluding hydrogens is 329 g/mol. The van der Waals surface area contributed by atoms with Gasteiger partial charge in [0.1, 0.15) is 5.75 Å². The summed E-state index contributed by atoms with van der Waals surface area (Å²) < 4.78 is 50.1. The Labute approximate surface area is 137 Å². The third-order valence-corrected chi connectivity index (χ3v) is 3.09. The quantitative estimate of drug-likeness (QED) is 0.580. The van der Waals surface area contributed by atoms with Crippen molar-refractivity contribution in [2.75, 3.05) is 13.7 Å². The molecule has 9 heteroatoms. The lowest BCUT2D eigenvalue weighted by Crippen LogP contribution is -2.72. The molecule has 1 amide bonds. The first-order valence-corrected chi connectivity index (χ1v) is 7.07. The number of alkyl halides is 3. The van der Waals surface area contributed by atoms with Crippen LogP contribution in [-0.2, 0) is 20.9 Å². The summed E-state index contributed by atoms with van der Waals surface area (Å²) >= 11 is 0. The lowest BCUT2D eigenvalue weighted by atomic mass is 10.1. The fourth-order valence-corrected chi connectivity index (χ4v) is 1.94. The molecule has 1 rings (SSSR count). The maximum Gasteiger partial charge on any atom is 0.436 e. The third kappa shape index (κ3) is 4.60. The van der Waals surface area contributed by atoms with Gasteiger partial charge < -0.3 is 14.8 Å². The highest BCUT2D eigenvalue weighted by Crippen LogP contribution is 2.30. The van der Waals surface area contributed by atoms with Gasteiger partial charge in [-0.1, -0.05) is 12.1 Å². The molecule has 134 valence electrons. The summed E-state index contributed by atoms with van der Waals surface area (Å²) in [6, 6.07) is 6.20. The molecule has 24 heavy (non-hydrogen) atoms. The number of nitrogens with one attached hydrogen (secondary N) is 2. The van der Waals surface area contributed by atoms with Crippen molar-refractivity contribution >= 4 is 11.9 Å². The Kier molecular flexibility index (Phi) is 6.59. The Morgan fingerprint density at radius 3 is 2.17 bits per heavy atom. The van der Waals surface area contributed by atoms with E-state index in [2.05, 4.69) is 10.1 Å². The van der Waals surface area contributed by atoms with Crippen LogP contribution in [0.15, 0.2) is 24.3 Å².